The van der Waals surface area contributed by atoms with Crippen molar-refractivity contribution in [2.75, 3.05) is 5.32 Å². The van der Waals surface area contributed by atoms with Crippen molar-refractivity contribution < 1.29 is 4.79 Å². The van der Waals surface area contributed by atoms with Gasteiger partial charge in [0.05, 0.1) is 11.4 Å². The second kappa shape index (κ2) is 4.78. The predicted molar refractivity (Wildman–Crippen MR) is 69.9 cm³/mol. The summed E-state index contributed by atoms with van der Waals surface area (Å²) in [5.74, 6) is -0.258. The zero-order chi connectivity index (χ0) is 13.3. The average Bonchev–Trinajstić information content (AvgIpc) is 2.63. The highest BCUT2D eigenvalue weighted by Gasteiger charge is 2.12. The van der Waals surface area contributed by atoms with Crippen molar-refractivity contribution in [2.24, 2.45) is 7.05 Å². The number of carbonyl (C=O) groups excluding carboxylic acids is 1. The van der Waals surface area contributed by atoms with Crippen LogP contribution in [0.5, 0.6) is 0 Å². The van der Waals surface area contributed by atoms with E-state index in [2.05, 4.69) is 15.4 Å². The first kappa shape index (κ1) is 12.6. The number of carbonyl (C=O) groups is 1. The van der Waals surface area contributed by atoms with Crippen molar-refractivity contribution >= 4 is 23.2 Å². The molecular formula is C12H13ClN4O. The number of nitrogens with zero attached hydrogens (tertiary/aromatic N) is 3. The number of anilines is 1. The van der Waals surface area contributed by atoms with Gasteiger partial charge in [-0.05, 0) is 32.0 Å². The predicted octanol–water partition coefficient (Wildman–Crippen LogP) is 2.34. The molecule has 0 saturated heterocycles. The van der Waals surface area contributed by atoms with Crippen LogP contribution in [-0.4, -0.2) is 20.7 Å². The van der Waals surface area contributed by atoms with E-state index in [1.165, 1.54) is 0 Å². The molecule has 2 aromatic rings. The molecule has 2 aromatic heterocycles. The lowest BCUT2D eigenvalue weighted by molar-refractivity contribution is 0.102. The molecule has 0 unspecified atom stereocenters. The molecule has 0 bridgehead atoms. The summed E-state index contributed by atoms with van der Waals surface area (Å²) in [5.41, 5.74) is 2.60. The van der Waals surface area contributed by atoms with Crippen LogP contribution in [0.3, 0.4) is 0 Å². The highest BCUT2D eigenvalue weighted by molar-refractivity contribution is 6.29. The van der Waals surface area contributed by atoms with Gasteiger partial charge in [0.1, 0.15) is 5.15 Å². The molecule has 2 heterocycles. The Morgan fingerprint density at radius 2 is 2.11 bits per heavy atom. The normalized spacial score (nSPS) is 10.4. The van der Waals surface area contributed by atoms with Gasteiger partial charge >= 0.3 is 0 Å². The van der Waals surface area contributed by atoms with Gasteiger partial charge in [-0.2, -0.15) is 5.10 Å². The maximum absolute atomic E-state index is 12.0. The Morgan fingerprint density at radius 3 is 2.67 bits per heavy atom. The molecule has 0 aliphatic rings. The fourth-order valence-corrected chi connectivity index (χ4v) is 1.71. The Kier molecular flexibility index (Phi) is 3.34. The minimum absolute atomic E-state index is 0.258. The van der Waals surface area contributed by atoms with Gasteiger partial charge < -0.3 is 5.32 Å². The maximum atomic E-state index is 12.0. The number of pyridine rings is 1. The number of aromatic nitrogens is 3. The summed E-state index contributed by atoms with van der Waals surface area (Å²) in [6.07, 6.45) is 0. The zero-order valence-electron chi connectivity index (χ0n) is 10.4. The molecule has 0 saturated carbocycles. The summed E-state index contributed by atoms with van der Waals surface area (Å²) < 4.78 is 1.65. The van der Waals surface area contributed by atoms with Gasteiger partial charge in [-0.15, -0.1) is 0 Å². The second-order valence-corrected chi connectivity index (χ2v) is 4.40. The summed E-state index contributed by atoms with van der Waals surface area (Å²) >= 11 is 5.76. The van der Waals surface area contributed by atoms with Gasteiger partial charge in [0, 0.05) is 12.7 Å². The zero-order valence-corrected chi connectivity index (χ0v) is 11.1. The summed E-state index contributed by atoms with van der Waals surface area (Å²) in [4.78, 5) is 16.0. The molecule has 0 aromatic carbocycles. The van der Waals surface area contributed by atoms with Crippen LogP contribution in [-0.2, 0) is 7.05 Å². The van der Waals surface area contributed by atoms with E-state index in [9.17, 15) is 4.79 Å². The van der Waals surface area contributed by atoms with Crippen molar-refractivity contribution in [3.63, 3.8) is 0 Å². The fourth-order valence-electron chi connectivity index (χ4n) is 1.52. The number of amides is 1. The van der Waals surface area contributed by atoms with Crippen LogP contribution in [0.1, 0.15) is 21.9 Å². The molecule has 0 spiro atoms. The van der Waals surface area contributed by atoms with Gasteiger partial charge in [0.15, 0.2) is 5.69 Å². The number of rotatable bonds is 2. The summed E-state index contributed by atoms with van der Waals surface area (Å²) in [5, 5.41) is 7.27. The SMILES string of the molecule is Cc1nc(Cl)ccc1NC(=O)c1cc(C)n(C)n1. The number of aryl methyl sites for hydroxylation is 3. The Morgan fingerprint density at radius 1 is 1.39 bits per heavy atom. The number of hydrogen-bond acceptors (Lipinski definition) is 3. The maximum Gasteiger partial charge on any atom is 0.276 e. The Labute approximate surface area is 110 Å². The van der Waals surface area contributed by atoms with Crippen LogP contribution in [0.4, 0.5) is 5.69 Å². The minimum Gasteiger partial charge on any atom is -0.319 e. The average molecular weight is 265 g/mol. The van der Waals surface area contributed by atoms with Crippen LogP contribution >= 0.6 is 11.6 Å². The standard InChI is InChI=1S/C12H13ClN4O/c1-7-6-10(16-17(7)3)12(18)15-9-4-5-11(13)14-8(9)2/h4-6H,1-3H3,(H,15,18). The number of hydrogen-bond donors (Lipinski definition) is 1. The second-order valence-electron chi connectivity index (χ2n) is 4.02. The highest BCUT2D eigenvalue weighted by Crippen LogP contribution is 2.16. The van der Waals surface area contributed by atoms with E-state index in [-0.39, 0.29) is 5.91 Å². The van der Waals surface area contributed by atoms with Crippen LogP contribution < -0.4 is 5.32 Å². The van der Waals surface area contributed by atoms with Gasteiger partial charge in [-0.25, -0.2) is 4.98 Å². The number of halogens is 1. The molecule has 1 N–H and O–H groups in total. The molecule has 5 nitrogen and oxygen atoms in total. The molecule has 18 heavy (non-hydrogen) atoms. The van der Waals surface area contributed by atoms with Crippen molar-refractivity contribution in [3.05, 3.63) is 40.4 Å². The third-order valence-electron chi connectivity index (χ3n) is 2.65. The van der Waals surface area contributed by atoms with Crippen molar-refractivity contribution in [1.82, 2.24) is 14.8 Å². The molecular weight excluding hydrogens is 252 g/mol. The van der Waals surface area contributed by atoms with Crippen molar-refractivity contribution in [3.8, 4) is 0 Å². The smallest absolute Gasteiger partial charge is 0.276 e. The Balaban J connectivity index is 2.21. The van der Waals surface area contributed by atoms with E-state index < -0.39 is 0 Å². The summed E-state index contributed by atoms with van der Waals surface area (Å²) in [6.45, 7) is 3.67. The van der Waals surface area contributed by atoms with Crippen molar-refractivity contribution in [1.29, 1.82) is 0 Å². The van der Waals surface area contributed by atoms with E-state index in [0.717, 1.165) is 5.69 Å². The molecule has 0 fully saturated rings. The van der Waals surface area contributed by atoms with Crippen LogP contribution in [0.2, 0.25) is 5.15 Å². The quantitative estimate of drug-likeness (QED) is 0.847. The van der Waals surface area contributed by atoms with Crippen molar-refractivity contribution in [2.45, 2.75) is 13.8 Å². The summed E-state index contributed by atoms with van der Waals surface area (Å²) in [7, 11) is 1.79. The van der Waals surface area contributed by atoms with E-state index in [1.807, 2.05) is 6.92 Å². The Bertz CT molecular complexity index is 587. The minimum atomic E-state index is -0.258. The third kappa shape index (κ3) is 2.51. The van der Waals surface area contributed by atoms with E-state index in [4.69, 9.17) is 11.6 Å². The first-order valence-corrected chi connectivity index (χ1v) is 5.80. The van der Waals surface area contributed by atoms with Gasteiger partial charge in [0.25, 0.3) is 5.91 Å². The van der Waals surface area contributed by atoms with E-state index >= 15 is 0 Å². The lowest BCUT2D eigenvalue weighted by Crippen LogP contribution is -2.14. The lowest BCUT2D eigenvalue weighted by Gasteiger charge is -2.06. The van der Waals surface area contributed by atoms with Crippen LogP contribution in [0, 0.1) is 13.8 Å². The molecule has 0 radical (unpaired) electrons. The summed E-state index contributed by atoms with van der Waals surface area (Å²) in [6, 6.07) is 5.08. The largest absolute Gasteiger partial charge is 0.319 e. The first-order chi connectivity index (χ1) is 8.47. The topological polar surface area (TPSA) is 59.8 Å². The molecule has 0 atom stereocenters. The molecule has 0 aliphatic carbocycles. The van der Waals surface area contributed by atoms with E-state index in [0.29, 0.717) is 22.2 Å². The fraction of sp³-hybridized carbons (Fsp3) is 0.250. The monoisotopic (exact) mass is 264 g/mol. The van der Waals surface area contributed by atoms with Crippen LogP contribution in [0.15, 0.2) is 18.2 Å². The molecule has 2 rings (SSSR count). The van der Waals surface area contributed by atoms with Gasteiger partial charge in [-0.3, -0.25) is 9.48 Å². The van der Waals surface area contributed by atoms with E-state index in [1.54, 1.807) is 36.9 Å². The highest BCUT2D eigenvalue weighted by atomic mass is 35.5. The molecule has 6 heteroatoms. The third-order valence-corrected chi connectivity index (χ3v) is 2.86. The van der Waals surface area contributed by atoms with Gasteiger partial charge in [-0.1, -0.05) is 11.6 Å². The van der Waals surface area contributed by atoms with Gasteiger partial charge in [0.2, 0.25) is 0 Å². The first-order valence-electron chi connectivity index (χ1n) is 5.42. The molecule has 0 aliphatic heterocycles. The van der Waals surface area contributed by atoms with Crippen LogP contribution in [0.25, 0.3) is 0 Å². The lowest BCUT2D eigenvalue weighted by atomic mass is 10.3. The molecule has 94 valence electrons. The Hall–Kier alpha value is -1.88. The number of nitrogens with one attached hydrogen (secondary N) is 1. The molecule has 1 amide bonds.